The highest BCUT2D eigenvalue weighted by Gasteiger charge is 2.21. The van der Waals surface area contributed by atoms with Gasteiger partial charge in [0.2, 0.25) is 0 Å². The summed E-state index contributed by atoms with van der Waals surface area (Å²) in [5, 5.41) is 0.474. The van der Waals surface area contributed by atoms with Gasteiger partial charge >= 0.3 is 0 Å². The first kappa shape index (κ1) is 12.5. The molecule has 2 heterocycles. The van der Waals surface area contributed by atoms with Crippen LogP contribution in [-0.2, 0) is 9.47 Å². The van der Waals surface area contributed by atoms with E-state index in [9.17, 15) is 0 Å². The molecule has 1 aliphatic rings. The molecule has 6 heteroatoms. The molecule has 1 aromatic rings. The molecule has 0 bridgehead atoms. The number of ether oxygens (including phenoxy) is 2. The van der Waals surface area contributed by atoms with Crippen molar-refractivity contribution in [2.75, 3.05) is 38.3 Å². The van der Waals surface area contributed by atoms with Gasteiger partial charge in [0.15, 0.2) is 0 Å². The van der Waals surface area contributed by atoms with E-state index in [2.05, 4.69) is 14.9 Å². The summed E-state index contributed by atoms with van der Waals surface area (Å²) in [6, 6.07) is 1.78. The quantitative estimate of drug-likeness (QED) is 0.764. The number of hydrogen-bond acceptors (Lipinski definition) is 5. The number of aryl methyl sites for hydroxylation is 1. The van der Waals surface area contributed by atoms with Crippen LogP contribution in [0.25, 0.3) is 0 Å². The maximum Gasteiger partial charge on any atom is 0.134 e. The molecule has 1 saturated heterocycles. The molecule has 0 radical (unpaired) electrons. The largest absolute Gasteiger partial charge is 0.382 e. The Kier molecular flexibility index (Phi) is 4.15. The predicted molar refractivity (Wildman–Crippen MR) is 65.6 cm³/mol. The Bertz CT molecular complexity index is 367. The van der Waals surface area contributed by atoms with Crippen LogP contribution in [0.1, 0.15) is 5.82 Å². The van der Waals surface area contributed by atoms with Crippen LogP contribution in [0.3, 0.4) is 0 Å². The second-order valence-corrected chi connectivity index (χ2v) is 4.38. The standard InChI is InChI=1S/C11H16ClN3O2/c1-8-13-10(12)5-11(14-8)15-3-4-17-9(6-15)7-16-2/h5,9H,3-4,6-7H2,1-2H3/t9-/m0/s1. The number of hydrogen-bond donors (Lipinski definition) is 0. The summed E-state index contributed by atoms with van der Waals surface area (Å²) in [5.74, 6) is 1.54. The smallest absolute Gasteiger partial charge is 0.134 e. The minimum Gasteiger partial charge on any atom is -0.382 e. The summed E-state index contributed by atoms with van der Waals surface area (Å²) in [6.45, 7) is 4.68. The van der Waals surface area contributed by atoms with Crippen LogP contribution >= 0.6 is 11.6 Å². The van der Waals surface area contributed by atoms with Crippen LogP contribution < -0.4 is 4.90 Å². The lowest BCUT2D eigenvalue weighted by atomic mass is 10.3. The third-order valence-corrected chi connectivity index (χ3v) is 2.80. The van der Waals surface area contributed by atoms with Crippen molar-refractivity contribution in [3.8, 4) is 0 Å². The van der Waals surface area contributed by atoms with Crippen molar-refractivity contribution in [1.29, 1.82) is 0 Å². The second-order valence-electron chi connectivity index (χ2n) is 3.99. The number of halogens is 1. The van der Waals surface area contributed by atoms with Gasteiger partial charge < -0.3 is 14.4 Å². The predicted octanol–water partition coefficient (Wildman–Crippen LogP) is 1.29. The average Bonchev–Trinajstić information content (AvgIpc) is 2.28. The first-order chi connectivity index (χ1) is 8.19. The molecule has 0 saturated carbocycles. The molecule has 1 aliphatic heterocycles. The molecule has 1 aromatic heterocycles. The summed E-state index contributed by atoms with van der Waals surface area (Å²) in [7, 11) is 1.67. The van der Waals surface area contributed by atoms with Gasteiger partial charge in [-0.1, -0.05) is 11.6 Å². The second kappa shape index (κ2) is 5.62. The molecular formula is C11H16ClN3O2. The number of anilines is 1. The molecule has 1 atom stereocenters. The van der Waals surface area contributed by atoms with E-state index in [1.165, 1.54) is 0 Å². The molecule has 0 aromatic carbocycles. The van der Waals surface area contributed by atoms with E-state index in [0.717, 1.165) is 18.9 Å². The number of aromatic nitrogens is 2. The van der Waals surface area contributed by atoms with Gasteiger partial charge in [-0.25, -0.2) is 9.97 Å². The van der Waals surface area contributed by atoms with Crippen molar-refractivity contribution >= 4 is 17.4 Å². The topological polar surface area (TPSA) is 47.5 Å². The van der Waals surface area contributed by atoms with Crippen molar-refractivity contribution in [1.82, 2.24) is 9.97 Å². The van der Waals surface area contributed by atoms with E-state index >= 15 is 0 Å². The first-order valence-electron chi connectivity index (χ1n) is 5.55. The van der Waals surface area contributed by atoms with Gasteiger partial charge in [-0.15, -0.1) is 0 Å². The number of nitrogens with zero attached hydrogens (tertiary/aromatic N) is 3. The molecule has 0 aliphatic carbocycles. The fourth-order valence-electron chi connectivity index (χ4n) is 1.89. The Hall–Kier alpha value is -0.910. The van der Waals surface area contributed by atoms with Gasteiger partial charge in [-0.2, -0.15) is 0 Å². The van der Waals surface area contributed by atoms with E-state index in [0.29, 0.717) is 24.2 Å². The number of methoxy groups -OCH3 is 1. The lowest BCUT2D eigenvalue weighted by molar-refractivity contribution is -0.0102. The summed E-state index contributed by atoms with van der Waals surface area (Å²) in [6.07, 6.45) is 0.0859. The molecule has 2 rings (SSSR count). The fourth-order valence-corrected chi connectivity index (χ4v) is 2.11. The van der Waals surface area contributed by atoms with Gasteiger partial charge in [0.05, 0.1) is 19.3 Å². The Labute approximate surface area is 106 Å². The highest BCUT2D eigenvalue weighted by atomic mass is 35.5. The van der Waals surface area contributed by atoms with Crippen molar-refractivity contribution in [2.45, 2.75) is 13.0 Å². The molecule has 5 nitrogen and oxygen atoms in total. The SMILES string of the molecule is COC[C@@H]1CN(c2cc(Cl)nc(C)n2)CCO1. The van der Waals surface area contributed by atoms with Gasteiger partial charge in [-0.3, -0.25) is 0 Å². The maximum atomic E-state index is 5.93. The minimum atomic E-state index is 0.0859. The van der Waals surface area contributed by atoms with E-state index < -0.39 is 0 Å². The van der Waals surface area contributed by atoms with Crippen LogP contribution in [0.5, 0.6) is 0 Å². The minimum absolute atomic E-state index is 0.0859. The Morgan fingerprint density at radius 3 is 3.12 bits per heavy atom. The fraction of sp³-hybridized carbons (Fsp3) is 0.636. The van der Waals surface area contributed by atoms with Crippen molar-refractivity contribution in [2.24, 2.45) is 0 Å². The molecule has 0 N–H and O–H groups in total. The van der Waals surface area contributed by atoms with Crippen molar-refractivity contribution in [3.05, 3.63) is 17.0 Å². The summed E-state index contributed by atoms with van der Waals surface area (Å²) >= 11 is 5.93. The lowest BCUT2D eigenvalue weighted by Crippen LogP contribution is -2.44. The van der Waals surface area contributed by atoms with Gasteiger partial charge in [0.25, 0.3) is 0 Å². The number of morpholine rings is 1. The molecular weight excluding hydrogens is 242 g/mol. The average molecular weight is 258 g/mol. The third-order valence-electron chi connectivity index (χ3n) is 2.61. The Morgan fingerprint density at radius 1 is 1.59 bits per heavy atom. The summed E-state index contributed by atoms with van der Waals surface area (Å²) < 4.78 is 10.7. The zero-order valence-corrected chi connectivity index (χ0v) is 10.8. The van der Waals surface area contributed by atoms with Crippen molar-refractivity contribution < 1.29 is 9.47 Å². The molecule has 0 amide bonds. The van der Waals surface area contributed by atoms with Crippen LogP contribution in [0.2, 0.25) is 5.15 Å². The zero-order valence-electron chi connectivity index (χ0n) is 10.0. The maximum absolute atomic E-state index is 5.93. The molecule has 0 spiro atoms. The molecule has 17 heavy (non-hydrogen) atoms. The van der Waals surface area contributed by atoms with E-state index in [1.54, 1.807) is 13.2 Å². The van der Waals surface area contributed by atoms with Gasteiger partial charge in [-0.05, 0) is 6.92 Å². The molecule has 1 fully saturated rings. The first-order valence-corrected chi connectivity index (χ1v) is 5.93. The van der Waals surface area contributed by atoms with Gasteiger partial charge in [0, 0.05) is 26.3 Å². The summed E-state index contributed by atoms with van der Waals surface area (Å²) in [4.78, 5) is 10.6. The third kappa shape index (κ3) is 3.28. The van der Waals surface area contributed by atoms with Crippen molar-refractivity contribution in [3.63, 3.8) is 0 Å². The highest BCUT2D eigenvalue weighted by molar-refractivity contribution is 6.29. The molecule has 0 unspecified atom stereocenters. The van der Waals surface area contributed by atoms with Crippen LogP contribution in [0, 0.1) is 6.92 Å². The van der Waals surface area contributed by atoms with Crippen LogP contribution in [-0.4, -0.2) is 49.5 Å². The monoisotopic (exact) mass is 257 g/mol. The Morgan fingerprint density at radius 2 is 2.41 bits per heavy atom. The van der Waals surface area contributed by atoms with E-state index in [4.69, 9.17) is 21.1 Å². The zero-order chi connectivity index (χ0) is 12.3. The van der Waals surface area contributed by atoms with E-state index in [-0.39, 0.29) is 6.10 Å². The number of rotatable bonds is 3. The van der Waals surface area contributed by atoms with Gasteiger partial charge in [0.1, 0.15) is 16.8 Å². The van der Waals surface area contributed by atoms with Crippen LogP contribution in [0.15, 0.2) is 6.07 Å². The Balaban J connectivity index is 2.10. The van der Waals surface area contributed by atoms with E-state index in [1.807, 2.05) is 6.92 Å². The summed E-state index contributed by atoms with van der Waals surface area (Å²) in [5.41, 5.74) is 0. The normalized spacial score (nSPS) is 20.6. The molecule has 94 valence electrons. The highest BCUT2D eigenvalue weighted by Crippen LogP contribution is 2.18. The van der Waals surface area contributed by atoms with Crippen LogP contribution in [0.4, 0.5) is 5.82 Å². The lowest BCUT2D eigenvalue weighted by Gasteiger charge is -2.33.